The summed E-state index contributed by atoms with van der Waals surface area (Å²) in [6, 6.07) is 14.9. The largest absolute Gasteiger partial charge is 0.368 e. The van der Waals surface area contributed by atoms with E-state index in [4.69, 9.17) is 0 Å². The highest BCUT2D eigenvalue weighted by Gasteiger charge is 2.27. The third kappa shape index (κ3) is 4.36. The molecular formula is C21H27N3O3S. The maximum Gasteiger partial charge on any atom is 0.243 e. The first kappa shape index (κ1) is 20.4. The van der Waals surface area contributed by atoms with E-state index in [2.05, 4.69) is 24.0 Å². The van der Waals surface area contributed by atoms with Gasteiger partial charge in [0.2, 0.25) is 15.9 Å². The lowest BCUT2D eigenvalue weighted by Crippen LogP contribution is -2.51. The number of anilines is 1. The molecule has 1 aliphatic rings. The zero-order chi connectivity index (χ0) is 20.3. The van der Waals surface area contributed by atoms with E-state index in [0.29, 0.717) is 13.1 Å². The fraction of sp³-hybridized carbons (Fsp3) is 0.381. The number of nitrogens with zero attached hydrogens (tertiary/aromatic N) is 3. The SMILES string of the molecule is Cc1ccc(S(=O)(=O)N(C)CC(=O)N2CCN(c3ccccc3C)CC2)cc1. The summed E-state index contributed by atoms with van der Waals surface area (Å²) in [6.45, 7) is 6.49. The van der Waals surface area contributed by atoms with Crippen LogP contribution in [-0.2, 0) is 14.8 Å². The number of rotatable bonds is 5. The summed E-state index contributed by atoms with van der Waals surface area (Å²) >= 11 is 0. The zero-order valence-corrected chi connectivity index (χ0v) is 17.4. The average molecular weight is 402 g/mol. The quantitative estimate of drug-likeness (QED) is 0.771. The van der Waals surface area contributed by atoms with Gasteiger partial charge in [-0.25, -0.2) is 8.42 Å². The fourth-order valence-electron chi connectivity index (χ4n) is 3.38. The third-order valence-electron chi connectivity index (χ3n) is 5.18. The Kier molecular flexibility index (Phi) is 6.05. The highest BCUT2D eigenvalue weighted by Crippen LogP contribution is 2.21. The maximum absolute atomic E-state index is 12.7. The monoisotopic (exact) mass is 401 g/mol. The number of sulfonamides is 1. The predicted molar refractivity (Wildman–Crippen MR) is 111 cm³/mol. The third-order valence-corrected chi connectivity index (χ3v) is 6.99. The summed E-state index contributed by atoms with van der Waals surface area (Å²) in [4.78, 5) is 16.9. The molecule has 3 rings (SSSR count). The summed E-state index contributed by atoms with van der Waals surface area (Å²) in [5.41, 5.74) is 3.39. The van der Waals surface area contributed by atoms with Crippen molar-refractivity contribution < 1.29 is 13.2 Å². The highest BCUT2D eigenvalue weighted by atomic mass is 32.2. The molecule has 1 fully saturated rings. The minimum Gasteiger partial charge on any atom is -0.368 e. The number of benzene rings is 2. The number of amides is 1. The smallest absolute Gasteiger partial charge is 0.243 e. The van der Waals surface area contributed by atoms with Gasteiger partial charge in [-0.1, -0.05) is 35.9 Å². The van der Waals surface area contributed by atoms with Crippen molar-refractivity contribution in [2.45, 2.75) is 18.7 Å². The molecule has 2 aromatic rings. The molecule has 0 radical (unpaired) electrons. The summed E-state index contributed by atoms with van der Waals surface area (Å²) in [5.74, 6) is -0.164. The van der Waals surface area contributed by atoms with Crippen LogP contribution < -0.4 is 4.90 Å². The lowest BCUT2D eigenvalue weighted by Gasteiger charge is -2.37. The van der Waals surface area contributed by atoms with Crippen molar-refractivity contribution in [3.63, 3.8) is 0 Å². The van der Waals surface area contributed by atoms with Crippen LogP contribution in [0.5, 0.6) is 0 Å². The second-order valence-corrected chi connectivity index (χ2v) is 9.27. The van der Waals surface area contributed by atoms with Crippen LogP contribution in [0.25, 0.3) is 0 Å². The van der Waals surface area contributed by atoms with E-state index in [0.717, 1.165) is 23.0 Å². The van der Waals surface area contributed by atoms with Crippen molar-refractivity contribution in [1.82, 2.24) is 9.21 Å². The van der Waals surface area contributed by atoms with Crippen LogP contribution in [0.3, 0.4) is 0 Å². The van der Waals surface area contributed by atoms with E-state index in [9.17, 15) is 13.2 Å². The van der Waals surface area contributed by atoms with E-state index in [-0.39, 0.29) is 17.3 Å². The van der Waals surface area contributed by atoms with Crippen LogP contribution in [0.15, 0.2) is 53.4 Å². The molecule has 0 N–H and O–H groups in total. The zero-order valence-electron chi connectivity index (χ0n) is 16.6. The second-order valence-electron chi connectivity index (χ2n) is 7.23. The van der Waals surface area contributed by atoms with Gasteiger partial charge in [-0.3, -0.25) is 4.79 Å². The summed E-state index contributed by atoms with van der Waals surface area (Å²) in [6.07, 6.45) is 0. The molecule has 0 spiro atoms. The number of aryl methyl sites for hydroxylation is 2. The molecule has 0 bridgehead atoms. The van der Waals surface area contributed by atoms with E-state index < -0.39 is 10.0 Å². The Morgan fingerprint density at radius 3 is 2.18 bits per heavy atom. The average Bonchev–Trinajstić information content (AvgIpc) is 2.69. The minimum atomic E-state index is -3.67. The van der Waals surface area contributed by atoms with Crippen LogP contribution >= 0.6 is 0 Å². The highest BCUT2D eigenvalue weighted by molar-refractivity contribution is 7.89. The van der Waals surface area contributed by atoms with Gasteiger partial charge in [0, 0.05) is 38.9 Å². The topological polar surface area (TPSA) is 60.9 Å². The number of hydrogen-bond donors (Lipinski definition) is 0. The molecule has 28 heavy (non-hydrogen) atoms. The van der Waals surface area contributed by atoms with Gasteiger partial charge in [-0.15, -0.1) is 0 Å². The molecule has 1 heterocycles. The molecule has 1 amide bonds. The number of hydrogen-bond acceptors (Lipinski definition) is 4. The Hall–Kier alpha value is -2.38. The molecule has 150 valence electrons. The summed E-state index contributed by atoms with van der Waals surface area (Å²) in [5, 5.41) is 0. The molecule has 6 nitrogen and oxygen atoms in total. The van der Waals surface area contributed by atoms with E-state index in [1.807, 2.05) is 19.1 Å². The van der Waals surface area contributed by atoms with Gasteiger partial charge in [0.1, 0.15) is 0 Å². The number of para-hydroxylation sites is 1. The number of carbonyl (C=O) groups excluding carboxylic acids is 1. The minimum absolute atomic E-state index is 0.152. The van der Waals surface area contributed by atoms with Gasteiger partial charge in [-0.2, -0.15) is 4.31 Å². The van der Waals surface area contributed by atoms with Crippen LogP contribution in [0.1, 0.15) is 11.1 Å². The van der Waals surface area contributed by atoms with Crippen LogP contribution in [-0.4, -0.2) is 63.3 Å². The number of carbonyl (C=O) groups is 1. The van der Waals surface area contributed by atoms with Gasteiger partial charge < -0.3 is 9.80 Å². The van der Waals surface area contributed by atoms with E-state index in [1.165, 1.54) is 18.3 Å². The van der Waals surface area contributed by atoms with Crippen molar-refractivity contribution >= 4 is 21.6 Å². The number of likely N-dealkylation sites (N-methyl/N-ethyl adjacent to an activating group) is 1. The normalized spacial score (nSPS) is 15.1. The lowest BCUT2D eigenvalue weighted by molar-refractivity contribution is -0.131. The molecule has 1 aliphatic heterocycles. The Labute approximate surface area is 167 Å². The molecule has 0 unspecified atom stereocenters. The first-order valence-electron chi connectivity index (χ1n) is 9.40. The van der Waals surface area contributed by atoms with Crippen molar-refractivity contribution in [3.05, 3.63) is 59.7 Å². The first-order valence-corrected chi connectivity index (χ1v) is 10.8. The van der Waals surface area contributed by atoms with Gasteiger partial charge in [0.15, 0.2) is 0 Å². The van der Waals surface area contributed by atoms with Gasteiger partial charge in [0.05, 0.1) is 11.4 Å². The van der Waals surface area contributed by atoms with E-state index in [1.54, 1.807) is 29.2 Å². The Bertz CT molecular complexity index is 934. The standard InChI is InChI=1S/C21H27N3O3S/c1-17-8-10-19(11-9-17)28(26,27)22(3)16-21(25)24-14-12-23(13-15-24)20-7-5-4-6-18(20)2/h4-11H,12-16H2,1-3H3. The Morgan fingerprint density at radius 1 is 0.964 bits per heavy atom. The Morgan fingerprint density at radius 2 is 1.57 bits per heavy atom. The molecule has 2 aromatic carbocycles. The van der Waals surface area contributed by atoms with Crippen LogP contribution in [0.4, 0.5) is 5.69 Å². The van der Waals surface area contributed by atoms with Crippen molar-refractivity contribution in [3.8, 4) is 0 Å². The van der Waals surface area contributed by atoms with Gasteiger partial charge >= 0.3 is 0 Å². The molecule has 1 saturated heterocycles. The van der Waals surface area contributed by atoms with E-state index >= 15 is 0 Å². The molecule has 0 saturated carbocycles. The molecule has 0 atom stereocenters. The second kappa shape index (κ2) is 8.32. The van der Waals surface area contributed by atoms with Gasteiger partial charge in [-0.05, 0) is 37.6 Å². The molecule has 0 aliphatic carbocycles. The van der Waals surface area contributed by atoms with Crippen molar-refractivity contribution in [2.75, 3.05) is 44.7 Å². The van der Waals surface area contributed by atoms with Crippen molar-refractivity contribution in [2.24, 2.45) is 0 Å². The fourth-order valence-corrected chi connectivity index (χ4v) is 4.50. The number of piperazine rings is 1. The predicted octanol–water partition coefficient (Wildman–Crippen LogP) is 2.27. The summed E-state index contributed by atoms with van der Waals surface area (Å²) in [7, 11) is -2.22. The lowest BCUT2D eigenvalue weighted by atomic mass is 10.1. The maximum atomic E-state index is 12.7. The molecule has 7 heteroatoms. The first-order chi connectivity index (χ1) is 13.3. The Balaban J connectivity index is 1.59. The van der Waals surface area contributed by atoms with Crippen LogP contribution in [0.2, 0.25) is 0 Å². The van der Waals surface area contributed by atoms with Crippen molar-refractivity contribution in [1.29, 1.82) is 0 Å². The summed E-state index contributed by atoms with van der Waals surface area (Å²) < 4.78 is 26.5. The molecule has 0 aromatic heterocycles. The van der Waals surface area contributed by atoms with Gasteiger partial charge in [0.25, 0.3) is 0 Å². The molecular weight excluding hydrogens is 374 g/mol. The van der Waals surface area contributed by atoms with Crippen LogP contribution in [0, 0.1) is 13.8 Å².